The minimum absolute atomic E-state index is 0.0700. The number of aromatic nitrogens is 4. The number of fused-ring (bicyclic) bond motifs is 1. The van der Waals surface area contributed by atoms with E-state index >= 15 is 0 Å². The second kappa shape index (κ2) is 8.04. The number of nitrogens with one attached hydrogen (secondary N) is 1. The third kappa shape index (κ3) is 4.39. The van der Waals surface area contributed by atoms with E-state index in [0.29, 0.717) is 43.5 Å². The molecular weight excluding hydrogens is 400 g/mol. The van der Waals surface area contributed by atoms with Crippen LogP contribution in [0.5, 0.6) is 0 Å². The first-order valence-corrected chi connectivity index (χ1v) is 10.0. The van der Waals surface area contributed by atoms with Crippen LogP contribution in [0, 0.1) is 25.2 Å². The highest BCUT2D eigenvalue weighted by molar-refractivity contribution is 5.62. The van der Waals surface area contributed by atoms with Gasteiger partial charge in [0, 0.05) is 42.5 Å². The Hall–Kier alpha value is -3.38. The van der Waals surface area contributed by atoms with Crippen molar-refractivity contribution in [2.24, 2.45) is 0 Å². The van der Waals surface area contributed by atoms with Gasteiger partial charge in [0.05, 0.1) is 24.0 Å². The maximum atomic E-state index is 13.8. The summed E-state index contributed by atoms with van der Waals surface area (Å²) in [6.07, 6.45) is 0.653. The van der Waals surface area contributed by atoms with Crippen LogP contribution >= 0.6 is 0 Å². The van der Waals surface area contributed by atoms with Crippen LogP contribution in [0.1, 0.15) is 35.1 Å². The van der Waals surface area contributed by atoms with Crippen molar-refractivity contribution in [1.29, 1.82) is 5.26 Å². The molecule has 1 aliphatic heterocycles. The van der Waals surface area contributed by atoms with E-state index in [0.717, 1.165) is 29.6 Å². The van der Waals surface area contributed by atoms with Gasteiger partial charge in [-0.15, -0.1) is 0 Å². The Bertz CT molecular complexity index is 1160. The normalized spacial score (nSPS) is 14.2. The quantitative estimate of drug-likeness (QED) is 0.625. The third-order valence-corrected chi connectivity index (χ3v) is 5.26. The van der Waals surface area contributed by atoms with Gasteiger partial charge in [-0.1, -0.05) is 12.1 Å². The van der Waals surface area contributed by atoms with E-state index < -0.39 is 5.92 Å². The van der Waals surface area contributed by atoms with E-state index in [-0.39, 0.29) is 5.56 Å². The molecule has 0 spiro atoms. The first-order valence-electron chi connectivity index (χ1n) is 10.0. The molecule has 0 atom stereocenters. The molecule has 9 heteroatoms. The van der Waals surface area contributed by atoms with E-state index in [9.17, 15) is 8.78 Å². The number of benzene rings is 1. The highest BCUT2D eigenvalue weighted by Crippen LogP contribution is 2.31. The maximum absolute atomic E-state index is 13.8. The van der Waals surface area contributed by atoms with Gasteiger partial charge in [-0.2, -0.15) is 15.3 Å². The molecule has 7 nitrogen and oxygen atoms in total. The summed E-state index contributed by atoms with van der Waals surface area (Å²) in [7, 11) is 0. The van der Waals surface area contributed by atoms with Gasteiger partial charge in [-0.3, -0.25) is 4.90 Å². The highest BCUT2D eigenvalue weighted by Gasteiger charge is 2.26. The fourth-order valence-corrected chi connectivity index (χ4v) is 3.74. The van der Waals surface area contributed by atoms with Gasteiger partial charge in [0.25, 0.3) is 11.9 Å². The van der Waals surface area contributed by atoms with Gasteiger partial charge in [-0.05, 0) is 38.5 Å². The van der Waals surface area contributed by atoms with Crippen molar-refractivity contribution < 1.29 is 8.78 Å². The molecule has 4 rings (SSSR count). The van der Waals surface area contributed by atoms with Gasteiger partial charge in [-0.25, -0.2) is 18.4 Å². The number of hydrogen-bond donors (Lipinski definition) is 1. The van der Waals surface area contributed by atoms with Crippen molar-refractivity contribution in [3.63, 3.8) is 0 Å². The predicted octanol–water partition coefficient (Wildman–Crippen LogP) is 4.02. The Labute approximate surface area is 179 Å². The van der Waals surface area contributed by atoms with Crippen molar-refractivity contribution in [2.75, 3.05) is 18.4 Å². The lowest BCUT2D eigenvalue weighted by Crippen LogP contribution is -2.32. The Morgan fingerprint density at radius 2 is 2.03 bits per heavy atom. The van der Waals surface area contributed by atoms with Crippen LogP contribution < -0.4 is 5.32 Å². The molecule has 0 aliphatic carbocycles. The Morgan fingerprint density at radius 1 is 1.23 bits per heavy atom. The lowest BCUT2D eigenvalue weighted by Gasteiger charge is -2.27. The second-order valence-electron chi connectivity index (χ2n) is 7.85. The average molecular weight is 423 g/mol. The molecule has 1 aliphatic rings. The minimum Gasteiger partial charge on any atom is -0.340 e. The van der Waals surface area contributed by atoms with Gasteiger partial charge in [0.1, 0.15) is 5.82 Å². The zero-order chi connectivity index (χ0) is 22.2. The van der Waals surface area contributed by atoms with Crippen LogP contribution in [0.25, 0.3) is 5.95 Å². The number of nitriles is 1. The number of nitrogens with zero attached hydrogens (tertiary/aromatic N) is 6. The van der Waals surface area contributed by atoms with Crippen molar-refractivity contribution in [2.45, 2.75) is 39.7 Å². The molecule has 0 bridgehead atoms. The molecule has 1 aromatic carbocycles. The second-order valence-corrected chi connectivity index (χ2v) is 7.85. The van der Waals surface area contributed by atoms with Crippen LogP contribution in [-0.4, -0.2) is 37.7 Å². The van der Waals surface area contributed by atoms with E-state index in [4.69, 9.17) is 15.2 Å². The standard InChI is InChI=1S/C22H23F2N7/c1-14-11-15(2)31(29-14)21-27-19-13-30(10-8-25)9-7-18(19)20(28-21)26-17-6-4-5-16(12-17)22(3,23)24/h4-6,11-12H,7,9-10,13H2,1-3H3,(H,26,27,28). The summed E-state index contributed by atoms with van der Waals surface area (Å²) in [5.41, 5.74) is 3.92. The molecule has 0 saturated carbocycles. The van der Waals surface area contributed by atoms with Crippen molar-refractivity contribution in [3.05, 3.63) is 58.5 Å². The number of aryl methyl sites for hydroxylation is 2. The molecule has 1 N–H and O–H groups in total. The summed E-state index contributed by atoms with van der Waals surface area (Å²) in [5.74, 6) is -1.96. The Kier molecular flexibility index (Phi) is 5.41. The molecule has 160 valence electrons. The molecular formula is C22H23F2N7. The molecule has 3 aromatic rings. The number of rotatable bonds is 5. The van der Waals surface area contributed by atoms with Crippen LogP contribution in [-0.2, 0) is 18.9 Å². The molecule has 0 fully saturated rings. The first kappa shape index (κ1) is 20.9. The lowest BCUT2D eigenvalue weighted by atomic mass is 10.0. The number of halogens is 2. The summed E-state index contributed by atoms with van der Waals surface area (Å²) in [5, 5.41) is 16.8. The van der Waals surface area contributed by atoms with E-state index in [2.05, 4.69) is 16.5 Å². The topological polar surface area (TPSA) is 82.7 Å². The van der Waals surface area contributed by atoms with Crippen LogP contribution in [0.4, 0.5) is 20.3 Å². The summed E-state index contributed by atoms with van der Waals surface area (Å²) in [6, 6.07) is 10.3. The fourth-order valence-electron chi connectivity index (χ4n) is 3.74. The summed E-state index contributed by atoms with van der Waals surface area (Å²) >= 11 is 0. The first-order chi connectivity index (χ1) is 14.7. The zero-order valence-corrected chi connectivity index (χ0v) is 17.7. The fraction of sp³-hybridized carbons (Fsp3) is 0.364. The van der Waals surface area contributed by atoms with Gasteiger partial charge in [0.15, 0.2) is 0 Å². The van der Waals surface area contributed by atoms with Crippen LogP contribution in [0.3, 0.4) is 0 Å². The number of alkyl halides is 2. The smallest absolute Gasteiger partial charge is 0.270 e. The summed E-state index contributed by atoms with van der Waals surface area (Å²) in [6.45, 7) is 6.22. The van der Waals surface area contributed by atoms with Crippen LogP contribution in [0.15, 0.2) is 30.3 Å². The Balaban J connectivity index is 1.78. The van der Waals surface area contributed by atoms with Gasteiger partial charge in [0.2, 0.25) is 0 Å². The average Bonchev–Trinajstić information content (AvgIpc) is 3.05. The predicted molar refractivity (Wildman–Crippen MR) is 113 cm³/mol. The zero-order valence-electron chi connectivity index (χ0n) is 17.7. The molecule has 3 heterocycles. The number of hydrogen-bond acceptors (Lipinski definition) is 6. The van der Waals surface area contributed by atoms with Gasteiger partial charge >= 0.3 is 0 Å². The van der Waals surface area contributed by atoms with Crippen molar-refractivity contribution in [3.8, 4) is 12.0 Å². The monoisotopic (exact) mass is 423 g/mol. The van der Waals surface area contributed by atoms with Crippen LogP contribution in [0.2, 0.25) is 0 Å². The van der Waals surface area contributed by atoms with E-state index in [1.54, 1.807) is 16.8 Å². The molecule has 0 amide bonds. The summed E-state index contributed by atoms with van der Waals surface area (Å²) in [4.78, 5) is 11.4. The number of anilines is 2. The largest absolute Gasteiger partial charge is 0.340 e. The maximum Gasteiger partial charge on any atom is 0.270 e. The van der Waals surface area contributed by atoms with Gasteiger partial charge < -0.3 is 5.32 Å². The van der Waals surface area contributed by atoms with Crippen molar-refractivity contribution in [1.82, 2.24) is 24.6 Å². The third-order valence-electron chi connectivity index (χ3n) is 5.26. The Morgan fingerprint density at radius 3 is 2.71 bits per heavy atom. The SMILES string of the molecule is Cc1cc(C)n(-c2nc3c(c(Nc4cccc(C(C)(F)F)c4)n2)CCN(CC#N)C3)n1. The molecule has 0 radical (unpaired) electrons. The molecule has 0 unspecified atom stereocenters. The highest BCUT2D eigenvalue weighted by atomic mass is 19.3. The van der Waals surface area contributed by atoms with E-state index in [1.165, 1.54) is 12.1 Å². The minimum atomic E-state index is -2.94. The molecule has 0 saturated heterocycles. The van der Waals surface area contributed by atoms with Crippen molar-refractivity contribution >= 4 is 11.5 Å². The van der Waals surface area contributed by atoms with E-state index in [1.807, 2.05) is 24.8 Å². The lowest BCUT2D eigenvalue weighted by molar-refractivity contribution is 0.0175. The molecule has 31 heavy (non-hydrogen) atoms. The summed E-state index contributed by atoms with van der Waals surface area (Å²) < 4.78 is 29.3. The molecule has 2 aromatic heterocycles.